The van der Waals surface area contributed by atoms with Gasteiger partial charge in [0.15, 0.2) is 5.78 Å². The number of hydrogen-bond donors (Lipinski definition) is 1. The Morgan fingerprint density at radius 1 is 1.31 bits per heavy atom. The number of carbonyl (C=O) groups excluding carboxylic acids is 1. The first kappa shape index (κ1) is 16.4. The second kappa shape index (κ2) is 7.05. The minimum Gasteiger partial charge on any atom is -0.494 e. The van der Waals surface area contributed by atoms with E-state index in [0.717, 1.165) is 17.5 Å². The van der Waals surface area contributed by atoms with Gasteiger partial charge in [-0.3, -0.25) is 9.78 Å². The number of Topliss-reactive ketones (excluding diaryl/α,β-unsaturated/α-hetero) is 1. The molecule has 1 aliphatic heterocycles. The smallest absolute Gasteiger partial charge is 0.186 e. The summed E-state index contributed by atoms with van der Waals surface area (Å²) in [6, 6.07) is 3.89. The van der Waals surface area contributed by atoms with Crippen LogP contribution in [-0.2, 0) is 11.2 Å². The minimum absolute atomic E-state index is 0.0848. The standard InChI is InChI=1S/C19H18N4O3/c1-25-17-3-2-14(12-4-6-26-7-5-12)18-19(17)23-13(9-21-18)8-16(24)15-10-20-11-22-15/h2-4,9-11H,5-8H2,1H3,(H,20,22). The summed E-state index contributed by atoms with van der Waals surface area (Å²) in [5.74, 6) is 0.554. The van der Waals surface area contributed by atoms with E-state index in [4.69, 9.17) is 9.47 Å². The fraction of sp³-hybridized carbons (Fsp3) is 0.263. The average Bonchev–Trinajstić information content (AvgIpc) is 3.23. The molecule has 0 radical (unpaired) electrons. The van der Waals surface area contributed by atoms with E-state index in [1.165, 1.54) is 18.1 Å². The number of fused-ring (bicyclic) bond motifs is 1. The number of aromatic nitrogens is 4. The molecule has 7 nitrogen and oxygen atoms in total. The molecule has 0 bridgehead atoms. The summed E-state index contributed by atoms with van der Waals surface area (Å²) in [7, 11) is 1.60. The van der Waals surface area contributed by atoms with Crippen LogP contribution in [0, 0.1) is 0 Å². The van der Waals surface area contributed by atoms with E-state index in [1.54, 1.807) is 13.3 Å². The van der Waals surface area contributed by atoms with Crippen molar-refractivity contribution in [1.82, 2.24) is 19.9 Å². The molecule has 0 aliphatic carbocycles. The monoisotopic (exact) mass is 350 g/mol. The van der Waals surface area contributed by atoms with Gasteiger partial charge >= 0.3 is 0 Å². The number of methoxy groups -OCH3 is 1. The molecule has 7 heteroatoms. The van der Waals surface area contributed by atoms with Crippen LogP contribution in [-0.4, -0.2) is 46.0 Å². The highest BCUT2D eigenvalue weighted by atomic mass is 16.5. The van der Waals surface area contributed by atoms with Crippen LogP contribution >= 0.6 is 0 Å². The maximum absolute atomic E-state index is 12.3. The zero-order valence-corrected chi connectivity index (χ0v) is 14.4. The predicted octanol–water partition coefficient (Wildman–Crippen LogP) is 2.59. The molecule has 0 fully saturated rings. The molecule has 3 heterocycles. The predicted molar refractivity (Wildman–Crippen MR) is 96.1 cm³/mol. The Labute approximate surface area is 150 Å². The van der Waals surface area contributed by atoms with Gasteiger partial charge in [0.25, 0.3) is 0 Å². The van der Waals surface area contributed by atoms with Gasteiger partial charge in [0.1, 0.15) is 17.0 Å². The molecule has 4 rings (SSSR count). The number of nitrogens with zero attached hydrogens (tertiary/aromatic N) is 3. The molecule has 0 saturated heterocycles. The molecule has 0 atom stereocenters. The molecule has 3 aromatic rings. The number of rotatable bonds is 5. The Kier molecular flexibility index (Phi) is 4.45. The van der Waals surface area contributed by atoms with Crippen LogP contribution in [0.15, 0.2) is 36.9 Å². The molecule has 0 spiro atoms. The first-order valence-corrected chi connectivity index (χ1v) is 8.37. The Balaban J connectivity index is 1.74. The number of hydrogen-bond acceptors (Lipinski definition) is 6. The number of carbonyl (C=O) groups is 1. The first-order chi connectivity index (χ1) is 12.8. The fourth-order valence-corrected chi connectivity index (χ4v) is 3.06. The lowest BCUT2D eigenvalue weighted by molar-refractivity contribution is 0.0987. The summed E-state index contributed by atoms with van der Waals surface area (Å²) in [6.45, 7) is 1.30. The van der Waals surface area contributed by atoms with E-state index in [9.17, 15) is 4.79 Å². The maximum atomic E-state index is 12.3. The van der Waals surface area contributed by atoms with Crippen molar-refractivity contribution < 1.29 is 14.3 Å². The van der Waals surface area contributed by atoms with Crippen LogP contribution in [0.3, 0.4) is 0 Å². The van der Waals surface area contributed by atoms with E-state index in [-0.39, 0.29) is 12.2 Å². The second-order valence-corrected chi connectivity index (χ2v) is 5.99. The molecule has 0 saturated carbocycles. The number of H-pyrrole nitrogens is 1. The van der Waals surface area contributed by atoms with E-state index >= 15 is 0 Å². The number of aromatic amines is 1. The third-order valence-electron chi connectivity index (χ3n) is 4.38. The molecule has 0 unspecified atom stereocenters. The highest BCUT2D eigenvalue weighted by molar-refractivity contribution is 5.96. The van der Waals surface area contributed by atoms with Gasteiger partial charge in [-0.2, -0.15) is 0 Å². The lowest BCUT2D eigenvalue weighted by Crippen LogP contribution is -2.08. The molecular formula is C19H18N4O3. The largest absolute Gasteiger partial charge is 0.494 e. The molecule has 0 amide bonds. The van der Waals surface area contributed by atoms with Crippen molar-refractivity contribution >= 4 is 22.4 Å². The van der Waals surface area contributed by atoms with Crippen LogP contribution in [0.5, 0.6) is 5.75 Å². The average molecular weight is 350 g/mol. The van der Waals surface area contributed by atoms with Crippen molar-refractivity contribution in [2.75, 3.05) is 20.3 Å². The topological polar surface area (TPSA) is 90.0 Å². The molecule has 2 aromatic heterocycles. The van der Waals surface area contributed by atoms with Crippen molar-refractivity contribution in [2.45, 2.75) is 12.8 Å². The Morgan fingerprint density at radius 2 is 2.23 bits per heavy atom. The van der Waals surface area contributed by atoms with Crippen molar-refractivity contribution in [1.29, 1.82) is 0 Å². The van der Waals surface area contributed by atoms with E-state index in [1.807, 2.05) is 12.1 Å². The Hall–Kier alpha value is -3.06. The lowest BCUT2D eigenvalue weighted by Gasteiger charge is -2.16. The van der Waals surface area contributed by atoms with Crippen LogP contribution in [0.25, 0.3) is 16.6 Å². The number of imidazole rings is 1. The summed E-state index contributed by atoms with van der Waals surface area (Å²) >= 11 is 0. The van der Waals surface area contributed by atoms with Gasteiger partial charge in [0.05, 0.1) is 50.5 Å². The highest BCUT2D eigenvalue weighted by Crippen LogP contribution is 2.32. The summed E-state index contributed by atoms with van der Waals surface area (Å²) in [5.41, 5.74) is 4.71. The van der Waals surface area contributed by atoms with E-state index < -0.39 is 0 Å². The van der Waals surface area contributed by atoms with Gasteiger partial charge < -0.3 is 14.5 Å². The Morgan fingerprint density at radius 3 is 2.96 bits per heavy atom. The van der Waals surface area contributed by atoms with Crippen LogP contribution < -0.4 is 4.74 Å². The summed E-state index contributed by atoms with van der Waals surface area (Å²) in [5, 5.41) is 0. The van der Waals surface area contributed by atoms with Crippen LogP contribution in [0.2, 0.25) is 0 Å². The van der Waals surface area contributed by atoms with Crippen LogP contribution in [0.4, 0.5) is 0 Å². The number of ether oxygens (including phenoxy) is 2. The van der Waals surface area contributed by atoms with Crippen molar-refractivity contribution in [3.63, 3.8) is 0 Å². The highest BCUT2D eigenvalue weighted by Gasteiger charge is 2.16. The van der Waals surface area contributed by atoms with Crippen molar-refractivity contribution in [3.8, 4) is 5.75 Å². The maximum Gasteiger partial charge on any atom is 0.186 e. The number of nitrogens with one attached hydrogen (secondary N) is 1. The van der Waals surface area contributed by atoms with Gasteiger partial charge in [-0.15, -0.1) is 0 Å². The first-order valence-electron chi connectivity index (χ1n) is 8.37. The molecular weight excluding hydrogens is 332 g/mol. The van der Waals surface area contributed by atoms with E-state index in [2.05, 4.69) is 26.0 Å². The molecule has 1 N–H and O–H groups in total. The van der Waals surface area contributed by atoms with Gasteiger partial charge in [-0.25, -0.2) is 9.97 Å². The molecule has 1 aromatic carbocycles. The third-order valence-corrected chi connectivity index (χ3v) is 4.38. The Bertz CT molecular complexity index is 980. The number of ketones is 1. The van der Waals surface area contributed by atoms with Crippen molar-refractivity contribution in [2.24, 2.45) is 0 Å². The summed E-state index contributed by atoms with van der Waals surface area (Å²) < 4.78 is 10.8. The van der Waals surface area contributed by atoms with E-state index in [0.29, 0.717) is 35.9 Å². The third kappa shape index (κ3) is 3.09. The molecule has 132 valence electrons. The van der Waals surface area contributed by atoms with Gasteiger partial charge in [0, 0.05) is 11.8 Å². The zero-order chi connectivity index (χ0) is 17.9. The van der Waals surface area contributed by atoms with Gasteiger partial charge in [-0.1, -0.05) is 6.08 Å². The normalized spacial score (nSPS) is 14.3. The SMILES string of the molecule is COc1ccc(C2=CCOCC2)c2ncc(CC(=O)c3cnc[nH]3)nc12. The number of benzene rings is 1. The molecule has 1 aliphatic rings. The molecule has 26 heavy (non-hydrogen) atoms. The summed E-state index contributed by atoms with van der Waals surface area (Å²) in [4.78, 5) is 28.2. The minimum atomic E-state index is -0.0848. The van der Waals surface area contributed by atoms with Crippen molar-refractivity contribution in [3.05, 3.63) is 53.9 Å². The second-order valence-electron chi connectivity index (χ2n) is 5.99. The lowest BCUT2D eigenvalue weighted by atomic mass is 9.99. The van der Waals surface area contributed by atoms with Gasteiger partial charge in [-0.05, 0) is 24.1 Å². The zero-order valence-electron chi connectivity index (χ0n) is 14.4. The fourth-order valence-electron chi connectivity index (χ4n) is 3.06. The quantitative estimate of drug-likeness (QED) is 0.711. The van der Waals surface area contributed by atoms with Crippen LogP contribution in [0.1, 0.15) is 28.2 Å². The van der Waals surface area contributed by atoms with Gasteiger partial charge in [0.2, 0.25) is 0 Å². The summed E-state index contributed by atoms with van der Waals surface area (Å²) in [6.07, 6.45) is 7.70.